The largest absolute Gasteiger partial charge is 0.497 e. The van der Waals surface area contributed by atoms with Crippen LogP contribution in [0.1, 0.15) is 19.3 Å². The number of sulfonamides is 1. The lowest BCUT2D eigenvalue weighted by Gasteiger charge is -2.26. The molecule has 1 heterocycles. The van der Waals surface area contributed by atoms with Gasteiger partial charge in [0.2, 0.25) is 15.9 Å². The molecular formula is C21H27N3O5S. The summed E-state index contributed by atoms with van der Waals surface area (Å²) in [6, 6.07) is 11.6. The normalized spacial score (nSPS) is 14.7. The molecule has 0 aromatic heterocycles. The smallest absolute Gasteiger partial charge is 0.243 e. The standard InChI is InChI=1S/C21H27N3O5S/c1-28-17-8-6-16(7-9-17)23-21(25)15-22-19-14-18(10-11-20(19)29-2)30(26,27)24-12-4-3-5-13-24/h6-11,14,22H,3-5,12-13,15H2,1-2H3,(H,23,25). The van der Waals surface area contributed by atoms with E-state index in [0.29, 0.717) is 36.0 Å². The third kappa shape index (κ3) is 5.22. The second kappa shape index (κ2) is 9.82. The molecule has 8 nitrogen and oxygen atoms in total. The number of piperidine rings is 1. The van der Waals surface area contributed by atoms with Crippen LogP contribution in [0.5, 0.6) is 11.5 Å². The Kier molecular flexibility index (Phi) is 7.17. The minimum absolute atomic E-state index is 0.0460. The molecule has 3 rings (SSSR count). The van der Waals surface area contributed by atoms with Gasteiger partial charge in [0.15, 0.2) is 0 Å². The van der Waals surface area contributed by atoms with Crippen LogP contribution in [0.15, 0.2) is 47.4 Å². The summed E-state index contributed by atoms with van der Waals surface area (Å²) >= 11 is 0. The number of nitrogens with zero attached hydrogens (tertiary/aromatic N) is 1. The Balaban J connectivity index is 1.69. The highest BCUT2D eigenvalue weighted by molar-refractivity contribution is 7.89. The second-order valence-electron chi connectivity index (χ2n) is 6.96. The van der Waals surface area contributed by atoms with Gasteiger partial charge in [0, 0.05) is 18.8 Å². The molecule has 2 aromatic rings. The lowest BCUT2D eigenvalue weighted by Crippen LogP contribution is -2.35. The predicted octanol–water partition coefficient (Wildman–Crippen LogP) is 2.93. The Hall–Kier alpha value is -2.78. The van der Waals surface area contributed by atoms with E-state index in [0.717, 1.165) is 19.3 Å². The van der Waals surface area contributed by atoms with Crippen LogP contribution in [0.25, 0.3) is 0 Å². The predicted molar refractivity (Wildman–Crippen MR) is 116 cm³/mol. The Morgan fingerprint density at radius 1 is 1.00 bits per heavy atom. The molecule has 1 amide bonds. The van der Waals surface area contributed by atoms with Crippen molar-refractivity contribution in [3.05, 3.63) is 42.5 Å². The molecule has 2 N–H and O–H groups in total. The van der Waals surface area contributed by atoms with Gasteiger partial charge in [-0.05, 0) is 55.3 Å². The summed E-state index contributed by atoms with van der Waals surface area (Å²) in [5.74, 6) is 0.888. The highest BCUT2D eigenvalue weighted by Crippen LogP contribution is 2.30. The van der Waals surface area contributed by atoms with E-state index in [2.05, 4.69) is 10.6 Å². The Labute approximate surface area is 177 Å². The molecule has 30 heavy (non-hydrogen) atoms. The van der Waals surface area contributed by atoms with E-state index >= 15 is 0 Å². The van der Waals surface area contributed by atoms with Crippen LogP contribution in [-0.2, 0) is 14.8 Å². The lowest BCUT2D eigenvalue weighted by atomic mass is 10.2. The number of rotatable bonds is 8. The fourth-order valence-electron chi connectivity index (χ4n) is 3.30. The SMILES string of the molecule is COc1ccc(NC(=O)CNc2cc(S(=O)(=O)N3CCCCC3)ccc2OC)cc1. The topological polar surface area (TPSA) is 97.0 Å². The molecule has 9 heteroatoms. The van der Waals surface area contributed by atoms with Gasteiger partial charge in [-0.2, -0.15) is 4.31 Å². The summed E-state index contributed by atoms with van der Waals surface area (Å²) in [7, 11) is -0.507. The first kappa shape index (κ1) is 21.9. The number of amides is 1. The molecular weight excluding hydrogens is 406 g/mol. The number of carbonyl (C=O) groups is 1. The monoisotopic (exact) mass is 433 g/mol. The van der Waals surface area contributed by atoms with Crippen molar-refractivity contribution in [1.82, 2.24) is 4.31 Å². The van der Waals surface area contributed by atoms with E-state index in [4.69, 9.17) is 9.47 Å². The number of hydrogen-bond acceptors (Lipinski definition) is 6. The van der Waals surface area contributed by atoms with E-state index in [-0.39, 0.29) is 17.3 Å². The summed E-state index contributed by atoms with van der Waals surface area (Å²) in [6.45, 7) is 1.01. The molecule has 0 atom stereocenters. The molecule has 0 unspecified atom stereocenters. The third-order valence-electron chi connectivity index (χ3n) is 4.94. The van der Waals surface area contributed by atoms with Crippen molar-refractivity contribution in [2.24, 2.45) is 0 Å². The number of benzene rings is 2. The maximum atomic E-state index is 12.9. The Morgan fingerprint density at radius 2 is 1.70 bits per heavy atom. The molecule has 0 bridgehead atoms. The maximum Gasteiger partial charge on any atom is 0.243 e. The van der Waals surface area contributed by atoms with Gasteiger partial charge in [0.1, 0.15) is 11.5 Å². The summed E-state index contributed by atoms with van der Waals surface area (Å²) in [4.78, 5) is 12.5. The van der Waals surface area contributed by atoms with Crippen LogP contribution >= 0.6 is 0 Å². The summed E-state index contributed by atoms with van der Waals surface area (Å²) < 4.78 is 37.8. The van der Waals surface area contributed by atoms with Crippen LogP contribution < -0.4 is 20.1 Å². The average Bonchev–Trinajstić information content (AvgIpc) is 2.78. The molecule has 0 radical (unpaired) electrons. The highest BCUT2D eigenvalue weighted by atomic mass is 32.2. The zero-order valence-electron chi connectivity index (χ0n) is 17.2. The summed E-state index contributed by atoms with van der Waals surface area (Å²) in [5, 5.41) is 5.75. The molecule has 1 aliphatic heterocycles. The second-order valence-corrected chi connectivity index (χ2v) is 8.90. The van der Waals surface area contributed by atoms with Crippen molar-refractivity contribution in [2.75, 3.05) is 44.5 Å². The van der Waals surface area contributed by atoms with Crippen LogP contribution in [0.4, 0.5) is 11.4 Å². The molecule has 0 spiro atoms. The minimum Gasteiger partial charge on any atom is -0.497 e. The van der Waals surface area contributed by atoms with Gasteiger partial charge in [0.05, 0.1) is 31.3 Å². The van der Waals surface area contributed by atoms with Crippen LogP contribution in [0.3, 0.4) is 0 Å². The lowest BCUT2D eigenvalue weighted by molar-refractivity contribution is -0.114. The van der Waals surface area contributed by atoms with Crippen LogP contribution in [0, 0.1) is 0 Å². The first-order chi connectivity index (χ1) is 14.4. The number of hydrogen-bond donors (Lipinski definition) is 2. The molecule has 1 aliphatic rings. The van der Waals surface area contributed by atoms with Crippen molar-refractivity contribution >= 4 is 27.3 Å². The molecule has 0 aliphatic carbocycles. The Morgan fingerprint density at radius 3 is 2.33 bits per heavy atom. The Bertz CT molecular complexity index is 971. The van der Waals surface area contributed by atoms with E-state index in [1.807, 2.05) is 0 Å². The fourth-order valence-corrected chi connectivity index (χ4v) is 4.84. The van der Waals surface area contributed by atoms with Gasteiger partial charge in [-0.1, -0.05) is 6.42 Å². The highest BCUT2D eigenvalue weighted by Gasteiger charge is 2.26. The number of nitrogens with one attached hydrogen (secondary N) is 2. The minimum atomic E-state index is -3.58. The summed E-state index contributed by atoms with van der Waals surface area (Å²) in [5.41, 5.74) is 1.08. The van der Waals surface area contributed by atoms with E-state index in [1.54, 1.807) is 37.4 Å². The third-order valence-corrected chi connectivity index (χ3v) is 6.83. The van der Waals surface area contributed by atoms with Crippen molar-refractivity contribution in [3.63, 3.8) is 0 Å². The van der Waals surface area contributed by atoms with Crippen molar-refractivity contribution in [1.29, 1.82) is 0 Å². The average molecular weight is 434 g/mol. The molecule has 2 aromatic carbocycles. The first-order valence-corrected chi connectivity index (χ1v) is 11.2. The quantitative estimate of drug-likeness (QED) is 0.664. The maximum absolute atomic E-state index is 12.9. The van der Waals surface area contributed by atoms with E-state index in [1.165, 1.54) is 23.5 Å². The number of methoxy groups -OCH3 is 2. The summed E-state index contributed by atoms with van der Waals surface area (Å²) in [6.07, 6.45) is 2.78. The van der Waals surface area contributed by atoms with Crippen molar-refractivity contribution in [2.45, 2.75) is 24.2 Å². The van der Waals surface area contributed by atoms with E-state index in [9.17, 15) is 13.2 Å². The van der Waals surface area contributed by atoms with Crippen LogP contribution in [-0.4, -0.2) is 52.5 Å². The molecule has 0 saturated carbocycles. The van der Waals surface area contributed by atoms with Gasteiger partial charge in [-0.25, -0.2) is 8.42 Å². The molecule has 162 valence electrons. The zero-order valence-corrected chi connectivity index (χ0v) is 18.0. The van der Waals surface area contributed by atoms with Crippen LogP contribution in [0.2, 0.25) is 0 Å². The molecule has 1 fully saturated rings. The van der Waals surface area contributed by atoms with E-state index < -0.39 is 10.0 Å². The van der Waals surface area contributed by atoms with Gasteiger partial charge >= 0.3 is 0 Å². The van der Waals surface area contributed by atoms with Crippen molar-refractivity contribution in [3.8, 4) is 11.5 Å². The molecule has 1 saturated heterocycles. The zero-order chi connectivity index (χ0) is 21.6. The fraction of sp³-hybridized carbons (Fsp3) is 0.381. The van der Waals surface area contributed by atoms with Gasteiger partial charge in [-0.15, -0.1) is 0 Å². The van der Waals surface area contributed by atoms with Gasteiger partial charge in [0.25, 0.3) is 0 Å². The van der Waals surface area contributed by atoms with Gasteiger partial charge < -0.3 is 20.1 Å². The first-order valence-electron chi connectivity index (χ1n) is 9.80. The number of carbonyl (C=O) groups excluding carboxylic acids is 1. The number of anilines is 2. The number of ether oxygens (including phenoxy) is 2. The van der Waals surface area contributed by atoms with Gasteiger partial charge in [-0.3, -0.25) is 4.79 Å². The van der Waals surface area contributed by atoms with Crippen molar-refractivity contribution < 1.29 is 22.7 Å².